The zero-order valence-electron chi connectivity index (χ0n) is 10.9. The molecule has 19 heavy (non-hydrogen) atoms. The highest BCUT2D eigenvalue weighted by atomic mass is 16.6. The Labute approximate surface area is 111 Å². The van der Waals surface area contributed by atoms with Crippen molar-refractivity contribution in [3.63, 3.8) is 0 Å². The highest BCUT2D eigenvalue weighted by Crippen LogP contribution is 2.46. The summed E-state index contributed by atoms with van der Waals surface area (Å²) in [5.74, 6) is 2.27. The lowest BCUT2D eigenvalue weighted by Crippen LogP contribution is -2.23. The Kier molecular flexibility index (Phi) is 3.05. The predicted octanol–water partition coefficient (Wildman–Crippen LogP) is 3.17. The molecule has 3 atom stereocenters. The molecular weight excluding hydrogens is 246 g/mol. The van der Waals surface area contributed by atoms with Gasteiger partial charge in [-0.1, -0.05) is 0 Å². The molecule has 0 aromatic heterocycles. The molecule has 2 saturated carbocycles. The van der Waals surface area contributed by atoms with Crippen LogP contribution in [0.25, 0.3) is 0 Å². The van der Waals surface area contributed by atoms with Crippen LogP contribution in [0.3, 0.4) is 0 Å². The van der Waals surface area contributed by atoms with Gasteiger partial charge in [0.2, 0.25) is 0 Å². The molecule has 2 bridgehead atoms. The Bertz CT molecular complexity index is 502. The monoisotopic (exact) mass is 263 g/mol. The van der Waals surface area contributed by atoms with Crippen LogP contribution in [0.1, 0.15) is 25.7 Å². The summed E-state index contributed by atoms with van der Waals surface area (Å²) in [6.45, 7) is 0. The van der Waals surface area contributed by atoms with E-state index >= 15 is 0 Å². The summed E-state index contributed by atoms with van der Waals surface area (Å²) in [7, 11) is 1.43. The summed E-state index contributed by atoms with van der Waals surface area (Å²) < 4.78 is 10.9. The fourth-order valence-electron chi connectivity index (χ4n) is 3.39. The first kappa shape index (κ1) is 12.3. The number of nitrogens with zero attached hydrogens (tertiary/aromatic N) is 1. The molecule has 0 amide bonds. The van der Waals surface area contributed by atoms with Crippen molar-refractivity contribution in [3.05, 3.63) is 28.3 Å². The first-order valence-corrected chi connectivity index (χ1v) is 6.66. The van der Waals surface area contributed by atoms with Gasteiger partial charge in [-0.25, -0.2) is 0 Å². The summed E-state index contributed by atoms with van der Waals surface area (Å²) >= 11 is 0. The van der Waals surface area contributed by atoms with Crippen molar-refractivity contribution in [2.75, 3.05) is 7.11 Å². The fourth-order valence-corrected chi connectivity index (χ4v) is 3.39. The molecule has 0 spiro atoms. The Hall–Kier alpha value is -1.78. The quantitative estimate of drug-likeness (QED) is 0.618. The molecule has 0 aliphatic heterocycles. The van der Waals surface area contributed by atoms with Crippen molar-refractivity contribution in [1.82, 2.24) is 0 Å². The number of fused-ring (bicyclic) bond motifs is 2. The van der Waals surface area contributed by atoms with Gasteiger partial charge >= 0.3 is 5.69 Å². The molecule has 1 aromatic carbocycles. The SMILES string of the molecule is COc1ccc(OC2CC3CCC2C3)cc1[N+](=O)[O-]. The number of benzene rings is 1. The summed E-state index contributed by atoms with van der Waals surface area (Å²) in [6.07, 6.45) is 5.11. The molecule has 0 radical (unpaired) electrons. The minimum Gasteiger partial charge on any atom is -0.490 e. The van der Waals surface area contributed by atoms with E-state index in [2.05, 4.69) is 0 Å². The number of nitro groups is 1. The van der Waals surface area contributed by atoms with E-state index in [9.17, 15) is 10.1 Å². The van der Waals surface area contributed by atoms with Crippen LogP contribution in [-0.2, 0) is 0 Å². The average molecular weight is 263 g/mol. The molecule has 0 saturated heterocycles. The topological polar surface area (TPSA) is 61.6 Å². The minimum absolute atomic E-state index is 0.0387. The van der Waals surface area contributed by atoms with Crippen LogP contribution in [-0.4, -0.2) is 18.1 Å². The van der Waals surface area contributed by atoms with Crippen molar-refractivity contribution >= 4 is 5.69 Å². The molecule has 0 N–H and O–H groups in total. The summed E-state index contributed by atoms with van der Waals surface area (Å²) in [4.78, 5) is 10.5. The number of ether oxygens (including phenoxy) is 2. The fraction of sp³-hybridized carbons (Fsp3) is 0.571. The maximum Gasteiger partial charge on any atom is 0.314 e. The van der Waals surface area contributed by atoms with Gasteiger partial charge in [-0.3, -0.25) is 10.1 Å². The molecule has 5 nitrogen and oxygen atoms in total. The second kappa shape index (κ2) is 4.72. The van der Waals surface area contributed by atoms with E-state index in [1.807, 2.05) is 0 Å². The molecular formula is C14H17NO4. The van der Waals surface area contributed by atoms with E-state index in [1.165, 1.54) is 32.4 Å². The van der Waals surface area contributed by atoms with Gasteiger partial charge < -0.3 is 9.47 Å². The zero-order valence-corrected chi connectivity index (χ0v) is 10.9. The van der Waals surface area contributed by atoms with Crippen molar-refractivity contribution in [2.24, 2.45) is 11.8 Å². The first-order valence-electron chi connectivity index (χ1n) is 6.66. The lowest BCUT2D eigenvalue weighted by Gasteiger charge is -2.23. The predicted molar refractivity (Wildman–Crippen MR) is 69.5 cm³/mol. The van der Waals surface area contributed by atoms with Gasteiger partial charge in [0.1, 0.15) is 11.9 Å². The molecule has 3 rings (SSSR count). The van der Waals surface area contributed by atoms with Crippen LogP contribution in [0.2, 0.25) is 0 Å². The maximum absolute atomic E-state index is 11.0. The molecule has 2 aliphatic rings. The molecule has 5 heteroatoms. The molecule has 2 aliphatic carbocycles. The van der Waals surface area contributed by atoms with Crippen LogP contribution in [0.15, 0.2) is 18.2 Å². The normalized spacial score (nSPS) is 28.4. The van der Waals surface area contributed by atoms with Gasteiger partial charge in [-0.2, -0.15) is 0 Å². The van der Waals surface area contributed by atoms with E-state index in [4.69, 9.17) is 9.47 Å². The number of methoxy groups -OCH3 is 1. The largest absolute Gasteiger partial charge is 0.490 e. The van der Waals surface area contributed by atoms with Crippen LogP contribution < -0.4 is 9.47 Å². The van der Waals surface area contributed by atoms with Crippen molar-refractivity contribution in [1.29, 1.82) is 0 Å². The summed E-state index contributed by atoms with van der Waals surface area (Å²) in [5, 5.41) is 11.0. The van der Waals surface area contributed by atoms with Crippen LogP contribution in [0, 0.1) is 22.0 Å². The lowest BCUT2D eigenvalue weighted by molar-refractivity contribution is -0.385. The smallest absolute Gasteiger partial charge is 0.314 e. The van der Waals surface area contributed by atoms with Gasteiger partial charge in [-0.05, 0) is 49.7 Å². The summed E-state index contributed by atoms with van der Waals surface area (Å²) in [6, 6.07) is 4.81. The zero-order chi connectivity index (χ0) is 13.4. The first-order chi connectivity index (χ1) is 9.17. The Morgan fingerprint density at radius 3 is 2.74 bits per heavy atom. The molecule has 2 fully saturated rings. The van der Waals surface area contributed by atoms with E-state index in [-0.39, 0.29) is 17.5 Å². The van der Waals surface area contributed by atoms with E-state index < -0.39 is 4.92 Å². The standard InChI is InChI=1S/C14H17NO4/c1-18-13-5-4-11(8-12(13)15(16)17)19-14-7-9-2-3-10(14)6-9/h4-5,8-10,14H,2-3,6-7H2,1H3. The molecule has 3 unspecified atom stereocenters. The van der Waals surface area contributed by atoms with E-state index in [0.717, 1.165) is 12.3 Å². The number of nitro benzene ring substituents is 1. The Morgan fingerprint density at radius 1 is 1.32 bits per heavy atom. The highest BCUT2D eigenvalue weighted by molar-refractivity contribution is 5.50. The molecule has 1 aromatic rings. The van der Waals surface area contributed by atoms with Gasteiger partial charge in [0.15, 0.2) is 5.75 Å². The lowest BCUT2D eigenvalue weighted by atomic mass is 9.98. The number of hydrogen-bond donors (Lipinski definition) is 0. The third-order valence-electron chi connectivity index (χ3n) is 4.31. The van der Waals surface area contributed by atoms with Gasteiger partial charge in [0, 0.05) is 0 Å². The third kappa shape index (κ3) is 2.25. The van der Waals surface area contributed by atoms with Crippen LogP contribution >= 0.6 is 0 Å². The summed E-state index contributed by atoms with van der Waals surface area (Å²) in [5.41, 5.74) is -0.0387. The van der Waals surface area contributed by atoms with Crippen LogP contribution in [0.4, 0.5) is 5.69 Å². The number of rotatable bonds is 4. The van der Waals surface area contributed by atoms with Gasteiger partial charge in [0.25, 0.3) is 0 Å². The Balaban J connectivity index is 1.78. The maximum atomic E-state index is 11.0. The van der Waals surface area contributed by atoms with E-state index in [0.29, 0.717) is 11.7 Å². The van der Waals surface area contributed by atoms with Crippen molar-refractivity contribution in [3.8, 4) is 11.5 Å². The minimum atomic E-state index is -0.438. The molecule has 0 heterocycles. The highest BCUT2D eigenvalue weighted by Gasteiger charge is 2.41. The average Bonchev–Trinajstić information content (AvgIpc) is 3.01. The molecule has 102 valence electrons. The van der Waals surface area contributed by atoms with Gasteiger partial charge in [-0.15, -0.1) is 0 Å². The van der Waals surface area contributed by atoms with Crippen molar-refractivity contribution < 1.29 is 14.4 Å². The third-order valence-corrected chi connectivity index (χ3v) is 4.31. The van der Waals surface area contributed by atoms with Crippen LogP contribution in [0.5, 0.6) is 11.5 Å². The van der Waals surface area contributed by atoms with Gasteiger partial charge in [0.05, 0.1) is 18.1 Å². The van der Waals surface area contributed by atoms with Crippen molar-refractivity contribution in [2.45, 2.75) is 31.8 Å². The van der Waals surface area contributed by atoms with E-state index in [1.54, 1.807) is 12.1 Å². The Morgan fingerprint density at radius 2 is 2.16 bits per heavy atom. The second-order valence-corrected chi connectivity index (χ2v) is 5.42. The second-order valence-electron chi connectivity index (χ2n) is 5.42. The number of hydrogen-bond acceptors (Lipinski definition) is 4.